The molecule has 6 nitrogen and oxygen atoms in total. The standard InChI is InChI=1S/C26H37ClO6/c1-2-4-18(26(30)31)9-7-17-8-11-23-22(24(29)14-25(23)33-15-17)12-10-20(28)16-32-21-6-3-5-19(27)13-21/h3,5-6,10,12-13,17-18,20,22-25,28-29H,2,4,7-9,11,14-16H2,1H3,(H,30,31)/t17-,18?,20-,22+,23+,24+,25-/m0/s1. The van der Waals surface area contributed by atoms with Gasteiger partial charge in [-0.25, -0.2) is 0 Å². The van der Waals surface area contributed by atoms with E-state index in [9.17, 15) is 20.1 Å². The lowest BCUT2D eigenvalue weighted by atomic mass is 9.85. The number of aliphatic carboxylic acids is 1. The van der Waals surface area contributed by atoms with Crippen LogP contribution >= 0.6 is 11.6 Å². The number of ether oxygens (including phenoxy) is 2. The third kappa shape index (κ3) is 7.71. The lowest BCUT2D eigenvalue weighted by Crippen LogP contribution is -2.22. The van der Waals surface area contributed by atoms with Crippen molar-refractivity contribution in [1.29, 1.82) is 0 Å². The molecule has 1 aromatic carbocycles. The second-order valence-corrected chi connectivity index (χ2v) is 9.92. The van der Waals surface area contributed by atoms with Crippen molar-refractivity contribution in [2.75, 3.05) is 13.2 Å². The van der Waals surface area contributed by atoms with E-state index < -0.39 is 18.2 Å². The topological polar surface area (TPSA) is 96.2 Å². The van der Waals surface area contributed by atoms with Crippen LogP contribution in [0, 0.1) is 23.7 Å². The molecular formula is C26H37ClO6. The van der Waals surface area contributed by atoms with E-state index in [0.717, 1.165) is 32.1 Å². The number of carboxylic acids is 1. The molecule has 3 N–H and O–H groups in total. The number of benzene rings is 1. The minimum absolute atomic E-state index is 0.00501. The van der Waals surface area contributed by atoms with Crippen LogP contribution in [0.2, 0.25) is 5.02 Å². The van der Waals surface area contributed by atoms with Crippen LogP contribution in [0.5, 0.6) is 5.75 Å². The SMILES string of the molecule is CCCC(CC[C@H]1CC[C@@H]2[C@@H](C=C[C@H](O)COc3cccc(Cl)c3)[C@H](O)C[C@@H]2OC1)C(=O)O. The molecule has 0 radical (unpaired) electrons. The van der Waals surface area contributed by atoms with Gasteiger partial charge in [0.15, 0.2) is 0 Å². The number of aliphatic hydroxyl groups excluding tert-OH is 2. The molecule has 1 aromatic rings. The van der Waals surface area contributed by atoms with Gasteiger partial charge in [-0.2, -0.15) is 0 Å². The van der Waals surface area contributed by atoms with Crippen LogP contribution in [0.3, 0.4) is 0 Å². The van der Waals surface area contributed by atoms with Crippen LogP contribution in [-0.2, 0) is 9.53 Å². The number of fused-ring (bicyclic) bond motifs is 1. The normalized spacial score (nSPS) is 29.4. The molecule has 1 aliphatic carbocycles. The molecule has 0 spiro atoms. The molecule has 2 aliphatic rings. The summed E-state index contributed by atoms with van der Waals surface area (Å²) < 4.78 is 11.8. The van der Waals surface area contributed by atoms with E-state index in [2.05, 4.69) is 0 Å². The van der Waals surface area contributed by atoms with Gasteiger partial charge in [0.25, 0.3) is 0 Å². The number of aliphatic hydroxyl groups is 2. The summed E-state index contributed by atoms with van der Waals surface area (Å²) in [5, 5.41) is 30.9. The Balaban J connectivity index is 1.50. The smallest absolute Gasteiger partial charge is 0.306 e. The number of carboxylic acid groups (broad SMARTS) is 1. The fourth-order valence-corrected chi connectivity index (χ4v) is 5.35. The van der Waals surface area contributed by atoms with Crippen LogP contribution in [0.15, 0.2) is 36.4 Å². The lowest BCUT2D eigenvalue weighted by molar-refractivity contribution is -0.142. The van der Waals surface area contributed by atoms with E-state index in [4.69, 9.17) is 21.1 Å². The highest BCUT2D eigenvalue weighted by Crippen LogP contribution is 2.42. The highest BCUT2D eigenvalue weighted by Gasteiger charge is 2.43. The average Bonchev–Trinajstić information content (AvgIpc) is 2.94. The Labute approximate surface area is 201 Å². The van der Waals surface area contributed by atoms with Gasteiger partial charge in [0.2, 0.25) is 0 Å². The fraction of sp³-hybridized carbons (Fsp3) is 0.654. The Morgan fingerprint density at radius 3 is 2.88 bits per heavy atom. The maximum Gasteiger partial charge on any atom is 0.306 e. The maximum atomic E-state index is 11.4. The first-order valence-electron chi connectivity index (χ1n) is 12.1. The van der Waals surface area contributed by atoms with Gasteiger partial charge in [-0.3, -0.25) is 4.79 Å². The Morgan fingerprint density at radius 2 is 2.15 bits per heavy atom. The van der Waals surface area contributed by atoms with Crippen LogP contribution in [0.25, 0.3) is 0 Å². The van der Waals surface area contributed by atoms with E-state index >= 15 is 0 Å². The van der Waals surface area contributed by atoms with E-state index in [0.29, 0.717) is 36.1 Å². The largest absolute Gasteiger partial charge is 0.491 e. The van der Waals surface area contributed by atoms with Gasteiger partial charge >= 0.3 is 5.97 Å². The van der Waals surface area contributed by atoms with Crippen molar-refractivity contribution < 1.29 is 29.6 Å². The van der Waals surface area contributed by atoms with E-state index in [1.165, 1.54) is 0 Å². The van der Waals surface area contributed by atoms with Gasteiger partial charge in [0.05, 0.1) is 18.1 Å². The number of hydrogen-bond acceptors (Lipinski definition) is 5. The zero-order chi connectivity index (χ0) is 23.8. The summed E-state index contributed by atoms with van der Waals surface area (Å²) >= 11 is 5.95. The zero-order valence-corrected chi connectivity index (χ0v) is 20.1. The first-order valence-corrected chi connectivity index (χ1v) is 12.5. The van der Waals surface area contributed by atoms with Gasteiger partial charge in [0, 0.05) is 24.0 Å². The second kappa shape index (κ2) is 12.7. The van der Waals surface area contributed by atoms with Gasteiger partial charge in [-0.05, 0) is 62.1 Å². The molecule has 0 bridgehead atoms. The van der Waals surface area contributed by atoms with Crippen molar-refractivity contribution in [2.45, 2.75) is 70.2 Å². The minimum atomic E-state index is -0.791. The summed E-state index contributed by atoms with van der Waals surface area (Å²) in [5.41, 5.74) is 0. The molecule has 0 aromatic heterocycles. The van der Waals surface area contributed by atoms with Gasteiger partial charge in [0.1, 0.15) is 18.5 Å². The molecule has 0 amide bonds. The van der Waals surface area contributed by atoms with Crippen molar-refractivity contribution in [3.63, 3.8) is 0 Å². The highest BCUT2D eigenvalue weighted by atomic mass is 35.5. The van der Waals surface area contributed by atoms with Crippen LogP contribution in [0.4, 0.5) is 0 Å². The zero-order valence-electron chi connectivity index (χ0n) is 19.3. The Hall–Kier alpha value is -1.60. The van der Waals surface area contributed by atoms with E-state index in [1.807, 2.05) is 13.0 Å². The monoisotopic (exact) mass is 480 g/mol. The molecule has 1 aliphatic heterocycles. The maximum absolute atomic E-state index is 11.4. The van der Waals surface area contributed by atoms with E-state index in [-0.39, 0.29) is 30.5 Å². The summed E-state index contributed by atoms with van der Waals surface area (Å²) in [6.45, 7) is 2.75. The van der Waals surface area contributed by atoms with Crippen molar-refractivity contribution in [3.8, 4) is 5.75 Å². The minimum Gasteiger partial charge on any atom is -0.491 e. The molecule has 7 heteroatoms. The second-order valence-electron chi connectivity index (χ2n) is 9.48. The van der Waals surface area contributed by atoms with Crippen LogP contribution in [0.1, 0.15) is 51.9 Å². The number of rotatable bonds is 11. The molecule has 184 valence electrons. The van der Waals surface area contributed by atoms with Crippen molar-refractivity contribution in [3.05, 3.63) is 41.4 Å². The quantitative estimate of drug-likeness (QED) is 0.397. The summed E-state index contributed by atoms with van der Waals surface area (Å²) in [6.07, 6.45) is 7.98. The molecule has 1 unspecified atom stereocenters. The summed E-state index contributed by atoms with van der Waals surface area (Å²) in [6, 6.07) is 7.04. The molecule has 2 fully saturated rings. The van der Waals surface area contributed by atoms with Crippen LogP contribution < -0.4 is 4.74 Å². The van der Waals surface area contributed by atoms with Gasteiger partial charge in [-0.1, -0.05) is 43.2 Å². The van der Waals surface area contributed by atoms with Gasteiger partial charge < -0.3 is 24.8 Å². The Bertz CT molecular complexity index is 784. The van der Waals surface area contributed by atoms with Crippen LogP contribution in [-0.4, -0.2) is 52.8 Å². The third-order valence-corrected chi connectivity index (χ3v) is 7.26. The Morgan fingerprint density at radius 1 is 1.33 bits per heavy atom. The third-order valence-electron chi connectivity index (χ3n) is 7.03. The molecule has 3 rings (SSSR count). The molecule has 33 heavy (non-hydrogen) atoms. The predicted molar refractivity (Wildman–Crippen MR) is 127 cm³/mol. The molecule has 7 atom stereocenters. The summed E-state index contributed by atoms with van der Waals surface area (Å²) in [7, 11) is 0. The van der Waals surface area contributed by atoms with Gasteiger partial charge in [-0.15, -0.1) is 0 Å². The number of hydrogen-bond donors (Lipinski definition) is 3. The molecule has 1 saturated heterocycles. The fourth-order valence-electron chi connectivity index (χ4n) is 5.17. The molecule has 1 saturated carbocycles. The Kier molecular flexibility index (Phi) is 10.0. The summed E-state index contributed by atoms with van der Waals surface area (Å²) in [4.78, 5) is 11.4. The highest BCUT2D eigenvalue weighted by molar-refractivity contribution is 6.30. The van der Waals surface area contributed by atoms with Crippen molar-refractivity contribution in [1.82, 2.24) is 0 Å². The number of carbonyl (C=O) groups is 1. The lowest BCUT2D eigenvalue weighted by Gasteiger charge is -2.21. The first kappa shape index (κ1) is 26.0. The molecular weight excluding hydrogens is 444 g/mol. The first-order chi connectivity index (χ1) is 15.9. The average molecular weight is 481 g/mol. The summed E-state index contributed by atoms with van der Waals surface area (Å²) in [5.74, 6) is 0.117. The predicted octanol–water partition coefficient (Wildman–Crippen LogP) is 4.71. The van der Waals surface area contributed by atoms with Crippen molar-refractivity contribution >= 4 is 17.6 Å². The number of halogens is 1. The van der Waals surface area contributed by atoms with Crippen molar-refractivity contribution in [2.24, 2.45) is 23.7 Å². The van der Waals surface area contributed by atoms with E-state index in [1.54, 1.807) is 30.3 Å². The molecule has 1 heterocycles.